The molecule has 3 aromatic rings. The number of rotatable bonds is 7. The average molecular weight is 425 g/mol. The number of hydrogen-bond donors (Lipinski definition) is 1. The minimum atomic E-state index is -3.22. The van der Waals surface area contributed by atoms with E-state index in [0.717, 1.165) is 16.5 Å². The zero-order chi connectivity index (χ0) is 21.9. The normalized spacial score (nSPS) is 13.9. The maximum absolute atomic E-state index is 12.6. The van der Waals surface area contributed by atoms with Crippen LogP contribution in [-0.2, 0) is 14.6 Å². The summed E-state index contributed by atoms with van der Waals surface area (Å²) in [4.78, 5) is 14.8. The molecule has 3 aromatic carbocycles. The molecule has 0 heterocycles. The quantitative estimate of drug-likeness (QED) is 0.620. The summed E-state index contributed by atoms with van der Waals surface area (Å²) in [5.41, 5.74) is 2.02. The molecule has 0 unspecified atom stereocenters. The van der Waals surface area contributed by atoms with Crippen molar-refractivity contribution in [2.24, 2.45) is 0 Å². The number of likely N-dealkylation sites (N-methyl/N-ethyl adjacent to an activating group) is 1. The summed E-state index contributed by atoms with van der Waals surface area (Å²) < 4.78 is 23.2. The molecule has 0 saturated carbocycles. The maximum Gasteiger partial charge on any atom is 0.234 e. The van der Waals surface area contributed by atoms with Crippen LogP contribution in [0.15, 0.2) is 71.6 Å². The van der Waals surface area contributed by atoms with E-state index in [-0.39, 0.29) is 24.5 Å². The van der Waals surface area contributed by atoms with Gasteiger partial charge in [0.25, 0.3) is 0 Å². The van der Waals surface area contributed by atoms with Gasteiger partial charge in [0.05, 0.1) is 17.5 Å². The average Bonchev–Trinajstić information content (AvgIpc) is 2.72. The highest BCUT2D eigenvalue weighted by Crippen LogP contribution is 2.22. The van der Waals surface area contributed by atoms with Crippen molar-refractivity contribution < 1.29 is 13.2 Å². The molecule has 1 amide bonds. The van der Waals surface area contributed by atoms with Gasteiger partial charge in [-0.2, -0.15) is 0 Å². The van der Waals surface area contributed by atoms with Gasteiger partial charge in [-0.15, -0.1) is 0 Å². The van der Waals surface area contributed by atoms with Gasteiger partial charge in [0, 0.05) is 12.3 Å². The zero-order valence-corrected chi connectivity index (χ0v) is 18.6. The number of amides is 1. The number of hydrogen-bond acceptors (Lipinski definition) is 4. The van der Waals surface area contributed by atoms with Crippen molar-refractivity contribution in [3.05, 3.63) is 77.9 Å². The van der Waals surface area contributed by atoms with Crippen LogP contribution in [0.25, 0.3) is 10.8 Å². The lowest BCUT2D eigenvalue weighted by Crippen LogP contribution is -2.37. The SMILES string of the molecule is C[C@H](c1ccc(S(C)(=O)=O)cc1)N(C)CC(=O)N[C@H](C)c1ccc2ccccc2c1. The monoisotopic (exact) mass is 424 g/mol. The van der Waals surface area contributed by atoms with E-state index < -0.39 is 9.84 Å². The molecular weight excluding hydrogens is 396 g/mol. The first-order valence-electron chi connectivity index (χ1n) is 9.93. The highest BCUT2D eigenvalue weighted by atomic mass is 32.2. The van der Waals surface area contributed by atoms with Gasteiger partial charge in [-0.1, -0.05) is 48.5 Å². The van der Waals surface area contributed by atoms with Crippen LogP contribution in [0.5, 0.6) is 0 Å². The summed E-state index contributed by atoms with van der Waals surface area (Å²) in [6, 6.07) is 21.1. The predicted molar refractivity (Wildman–Crippen MR) is 121 cm³/mol. The van der Waals surface area contributed by atoms with E-state index in [4.69, 9.17) is 0 Å². The highest BCUT2D eigenvalue weighted by molar-refractivity contribution is 7.90. The van der Waals surface area contributed by atoms with Gasteiger partial charge >= 0.3 is 0 Å². The second-order valence-corrected chi connectivity index (χ2v) is 9.84. The Kier molecular flexibility index (Phi) is 6.58. The summed E-state index contributed by atoms with van der Waals surface area (Å²) in [5, 5.41) is 5.40. The molecule has 0 aliphatic carbocycles. The minimum absolute atomic E-state index is 0.0275. The smallest absolute Gasteiger partial charge is 0.234 e. The number of fused-ring (bicyclic) bond motifs is 1. The van der Waals surface area contributed by atoms with Gasteiger partial charge in [0.1, 0.15) is 0 Å². The van der Waals surface area contributed by atoms with Crippen LogP contribution < -0.4 is 5.32 Å². The van der Waals surface area contributed by atoms with Crippen molar-refractivity contribution in [2.45, 2.75) is 30.8 Å². The van der Waals surface area contributed by atoms with Gasteiger partial charge in [-0.3, -0.25) is 9.69 Å². The number of sulfone groups is 1. The van der Waals surface area contributed by atoms with Crippen molar-refractivity contribution in [3.8, 4) is 0 Å². The molecule has 0 fully saturated rings. The Bertz CT molecular complexity index is 1140. The topological polar surface area (TPSA) is 66.5 Å². The molecule has 0 aliphatic heterocycles. The predicted octanol–water partition coefficient (Wildman–Crippen LogP) is 4.11. The Morgan fingerprint density at radius 3 is 2.17 bits per heavy atom. The van der Waals surface area contributed by atoms with Crippen molar-refractivity contribution in [3.63, 3.8) is 0 Å². The van der Waals surface area contributed by atoms with Crippen LogP contribution in [0.1, 0.15) is 37.1 Å². The Hall–Kier alpha value is -2.70. The number of carbonyl (C=O) groups excluding carboxylic acids is 1. The highest BCUT2D eigenvalue weighted by Gasteiger charge is 2.17. The molecule has 2 atom stereocenters. The van der Waals surface area contributed by atoms with Gasteiger partial charge in [0.2, 0.25) is 5.91 Å². The lowest BCUT2D eigenvalue weighted by molar-refractivity contribution is -0.123. The number of nitrogens with one attached hydrogen (secondary N) is 1. The molecule has 158 valence electrons. The van der Waals surface area contributed by atoms with E-state index >= 15 is 0 Å². The summed E-state index contributed by atoms with van der Waals surface area (Å²) in [6.07, 6.45) is 1.19. The van der Waals surface area contributed by atoms with Crippen molar-refractivity contribution in [1.29, 1.82) is 0 Å². The minimum Gasteiger partial charge on any atom is -0.348 e. The van der Waals surface area contributed by atoms with E-state index in [1.54, 1.807) is 24.3 Å². The Morgan fingerprint density at radius 2 is 1.53 bits per heavy atom. The third-order valence-electron chi connectivity index (χ3n) is 5.50. The summed E-state index contributed by atoms with van der Waals surface area (Å²) >= 11 is 0. The van der Waals surface area contributed by atoms with Gasteiger partial charge in [0.15, 0.2) is 9.84 Å². The van der Waals surface area contributed by atoms with Gasteiger partial charge in [-0.05, 0) is 61.0 Å². The van der Waals surface area contributed by atoms with E-state index in [1.807, 2.05) is 44.0 Å². The molecular formula is C24H28N2O3S. The molecule has 0 bridgehead atoms. The largest absolute Gasteiger partial charge is 0.348 e. The molecule has 0 saturated heterocycles. The molecule has 0 aliphatic rings. The van der Waals surface area contributed by atoms with Crippen molar-refractivity contribution in [1.82, 2.24) is 10.2 Å². The van der Waals surface area contributed by atoms with Crippen LogP contribution in [0.2, 0.25) is 0 Å². The van der Waals surface area contributed by atoms with E-state index in [9.17, 15) is 13.2 Å². The molecule has 5 nitrogen and oxygen atoms in total. The Morgan fingerprint density at radius 1 is 0.933 bits per heavy atom. The Labute approximate surface area is 178 Å². The van der Waals surface area contributed by atoms with Gasteiger partial charge in [-0.25, -0.2) is 8.42 Å². The van der Waals surface area contributed by atoms with Crippen LogP contribution in [0.3, 0.4) is 0 Å². The van der Waals surface area contributed by atoms with E-state index in [1.165, 1.54) is 11.6 Å². The molecule has 3 rings (SSSR count). The number of nitrogens with zero attached hydrogens (tertiary/aromatic N) is 1. The van der Waals surface area contributed by atoms with Crippen LogP contribution in [0.4, 0.5) is 0 Å². The second kappa shape index (κ2) is 8.98. The first-order valence-corrected chi connectivity index (χ1v) is 11.8. The fourth-order valence-corrected chi connectivity index (χ4v) is 4.09. The van der Waals surface area contributed by atoms with Crippen molar-refractivity contribution in [2.75, 3.05) is 19.8 Å². The summed E-state index contributed by atoms with van der Waals surface area (Å²) in [6.45, 7) is 4.22. The first kappa shape index (κ1) is 22.0. The van der Waals surface area contributed by atoms with E-state index in [2.05, 4.69) is 29.6 Å². The standard InChI is InChI=1S/C24H28N2O3S/c1-17(21-10-9-20-7-5-6-8-22(20)15-21)25-24(27)16-26(3)18(2)19-11-13-23(14-12-19)30(4,28)29/h5-15,17-18H,16H2,1-4H3,(H,25,27)/t17-,18-/m1/s1. The molecule has 0 spiro atoms. The lowest BCUT2D eigenvalue weighted by Gasteiger charge is -2.25. The Balaban J connectivity index is 1.61. The number of benzene rings is 3. The molecule has 1 N–H and O–H groups in total. The van der Waals surface area contributed by atoms with Crippen LogP contribution in [-0.4, -0.2) is 39.1 Å². The number of carbonyl (C=O) groups is 1. The zero-order valence-electron chi connectivity index (χ0n) is 17.8. The molecule has 0 aromatic heterocycles. The summed E-state index contributed by atoms with van der Waals surface area (Å²) in [7, 11) is -1.33. The maximum atomic E-state index is 12.6. The molecule has 30 heavy (non-hydrogen) atoms. The first-order chi connectivity index (χ1) is 14.1. The fourth-order valence-electron chi connectivity index (χ4n) is 3.46. The molecule has 6 heteroatoms. The fraction of sp³-hybridized carbons (Fsp3) is 0.292. The summed E-state index contributed by atoms with van der Waals surface area (Å²) in [5.74, 6) is -0.0576. The van der Waals surface area contributed by atoms with Gasteiger partial charge < -0.3 is 5.32 Å². The molecule has 0 radical (unpaired) electrons. The van der Waals surface area contributed by atoms with Crippen molar-refractivity contribution >= 4 is 26.5 Å². The van der Waals surface area contributed by atoms with Crippen LogP contribution >= 0.6 is 0 Å². The second-order valence-electron chi connectivity index (χ2n) is 7.83. The third kappa shape index (κ3) is 5.26. The van der Waals surface area contributed by atoms with E-state index in [0.29, 0.717) is 4.90 Å². The van der Waals surface area contributed by atoms with Crippen LogP contribution in [0, 0.1) is 0 Å². The lowest BCUT2D eigenvalue weighted by atomic mass is 10.0. The third-order valence-corrected chi connectivity index (χ3v) is 6.62.